The number of hydrogen-bond acceptors (Lipinski definition) is 2. The minimum atomic E-state index is 0. The van der Waals surface area contributed by atoms with Crippen LogP contribution >= 0.6 is 0 Å². The van der Waals surface area contributed by atoms with E-state index < -0.39 is 0 Å². The van der Waals surface area contributed by atoms with Gasteiger partial charge in [-0.2, -0.15) is 6.92 Å². The third-order valence-electron chi connectivity index (χ3n) is 1.22. The second-order valence-corrected chi connectivity index (χ2v) is 1.85. The Morgan fingerprint density at radius 3 is 2.50 bits per heavy atom. The van der Waals surface area contributed by atoms with E-state index in [1.165, 1.54) is 5.92 Å². The zero-order valence-electron chi connectivity index (χ0n) is 5.18. The molecule has 0 spiro atoms. The van der Waals surface area contributed by atoms with Crippen molar-refractivity contribution in [2.75, 3.05) is 0 Å². The Morgan fingerprint density at radius 2 is 2.38 bits per heavy atom. The van der Waals surface area contributed by atoms with Gasteiger partial charge in [0.25, 0.3) is 0 Å². The Hall–Kier alpha value is 0.444. The van der Waals surface area contributed by atoms with Gasteiger partial charge in [-0.05, 0) is 0 Å². The summed E-state index contributed by atoms with van der Waals surface area (Å²) in [6.45, 7) is 4.15. The van der Waals surface area contributed by atoms with Crippen molar-refractivity contribution in [2.45, 2.75) is 19.9 Å². The normalized spacial score (nSPS) is 24.8. The summed E-state index contributed by atoms with van der Waals surface area (Å²) in [6, 6.07) is 0.458. The van der Waals surface area contributed by atoms with Crippen molar-refractivity contribution >= 4 is 6.21 Å². The van der Waals surface area contributed by atoms with E-state index in [0.717, 1.165) is 0 Å². The number of rotatable bonds is 0. The van der Waals surface area contributed by atoms with E-state index in [4.69, 9.17) is 0 Å². The molecule has 43 valence electrons. The smallest absolute Gasteiger partial charge is 0 e. The largest absolute Gasteiger partial charge is 0.337 e. The first-order valence-electron chi connectivity index (χ1n) is 2.43. The third-order valence-corrected chi connectivity index (χ3v) is 1.22. The van der Waals surface area contributed by atoms with Crippen LogP contribution in [-0.4, -0.2) is 12.3 Å². The summed E-state index contributed by atoms with van der Waals surface area (Å²) < 4.78 is 0. The molecular weight excluding hydrogens is 177 g/mol. The summed E-state index contributed by atoms with van der Waals surface area (Å²) >= 11 is 0. The van der Waals surface area contributed by atoms with Crippen LogP contribution in [0.15, 0.2) is 5.10 Å². The Morgan fingerprint density at radius 1 is 1.75 bits per heavy atom. The van der Waals surface area contributed by atoms with Crippen LogP contribution < -0.4 is 5.43 Å². The summed E-state index contributed by atoms with van der Waals surface area (Å²) in [5.41, 5.74) is 2.90. The van der Waals surface area contributed by atoms with Gasteiger partial charge < -0.3 is 11.3 Å². The molecule has 0 aliphatic carbocycles. The maximum atomic E-state index is 3.83. The average molecular weight is 186 g/mol. The van der Waals surface area contributed by atoms with Crippen LogP contribution in [0.25, 0.3) is 0 Å². The molecule has 0 bridgehead atoms. The van der Waals surface area contributed by atoms with Gasteiger partial charge in [-0.1, -0.05) is 13.0 Å². The standard InChI is InChI=1S/C5H9N2.Y/c1-4-3-6-7-5(4)2;/h3,5,7H,1-2H3;/q-1;. The van der Waals surface area contributed by atoms with Crippen molar-refractivity contribution in [1.29, 1.82) is 0 Å². The molecule has 3 heteroatoms. The predicted molar refractivity (Wildman–Crippen MR) is 30.0 cm³/mol. The first kappa shape index (κ1) is 8.44. The molecule has 8 heavy (non-hydrogen) atoms. The third kappa shape index (κ3) is 1.75. The monoisotopic (exact) mass is 186 g/mol. The first-order valence-corrected chi connectivity index (χ1v) is 2.43. The van der Waals surface area contributed by atoms with E-state index in [0.29, 0.717) is 6.04 Å². The molecule has 0 saturated heterocycles. The van der Waals surface area contributed by atoms with Crippen LogP contribution in [0.5, 0.6) is 0 Å². The predicted octanol–water partition coefficient (Wildman–Crippen LogP) is 0.556. The zero-order valence-corrected chi connectivity index (χ0v) is 8.02. The molecular formula is C5H9N2Y-. The summed E-state index contributed by atoms with van der Waals surface area (Å²) in [6.07, 6.45) is 1.85. The van der Waals surface area contributed by atoms with Gasteiger partial charge in [-0.3, -0.25) is 0 Å². The number of nitrogens with zero attached hydrogens (tertiary/aromatic N) is 1. The molecule has 0 saturated carbocycles. The molecule has 0 fully saturated rings. The molecule has 0 amide bonds. The van der Waals surface area contributed by atoms with Gasteiger partial charge in [0.15, 0.2) is 0 Å². The SMILES string of the molecule is C[C-]1C=NNC1C.[Y]. The van der Waals surface area contributed by atoms with E-state index in [2.05, 4.69) is 24.4 Å². The van der Waals surface area contributed by atoms with E-state index in [1.54, 1.807) is 0 Å². The summed E-state index contributed by atoms with van der Waals surface area (Å²) in [4.78, 5) is 0. The zero-order chi connectivity index (χ0) is 5.28. The minimum absolute atomic E-state index is 0. The molecule has 0 aromatic carbocycles. The van der Waals surface area contributed by atoms with Crippen LogP contribution in [0.1, 0.15) is 13.8 Å². The van der Waals surface area contributed by atoms with E-state index in [9.17, 15) is 0 Å². The maximum Gasteiger partial charge on any atom is 0 e. The summed E-state index contributed by atoms with van der Waals surface area (Å²) in [7, 11) is 0. The van der Waals surface area contributed by atoms with Gasteiger partial charge in [-0.15, -0.1) is 6.21 Å². The average Bonchev–Trinajstić information content (AvgIpc) is 1.91. The molecule has 1 atom stereocenters. The van der Waals surface area contributed by atoms with Crippen molar-refractivity contribution in [3.63, 3.8) is 0 Å². The van der Waals surface area contributed by atoms with Gasteiger partial charge in [-0.25, -0.2) is 5.10 Å². The van der Waals surface area contributed by atoms with Crippen LogP contribution in [0.2, 0.25) is 0 Å². The Labute approximate surface area is 75.0 Å². The van der Waals surface area contributed by atoms with Gasteiger partial charge >= 0.3 is 0 Å². The molecule has 1 aliphatic rings. The summed E-state index contributed by atoms with van der Waals surface area (Å²) in [5.74, 6) is 1.31. The number of nitrogens with one attached hydrogen (secondary N) is 1. The second kappa shape index (κ2) is 3.47. The van der Waals surface area contributed by atoms with Crippen LogP contribution in [0.4, 0.5) is 0 Å². The fourth-order valence-electron chi connectivity index (χ4n) is 0.465. The second-order valence-electron chi connectivity index (χ2n) is 1.85. The van der Waals surface area contributed by atoms with E-state index in [1.807, 2.05) is 6.21 Å². The van der Waals surface area contributed by atoms with Crippen molar-refractivity contribution in [3.8, 4) is 0 Å². The molecule has 1 rings (SSSR count). The van der Waals surface area contributed by atoms with Gasteiger partial charge in [0.2, 0.25) is 0 Å². The van der Waals surface area contributed by atoms with Crippen LogP contribution in [0.3, 0.4) is 0 Å². The topological polar surface area (TPSA) is 24.4 Å². The first-order chi connectivity index (χ1) is 3.30. The van der Waals surface area contributed by atoms with Crippen molar-refractivity contribution in [3.05, 3.63) is 5.92 Å². The quantitative estimate of drug-likeness (QED) is 0.549. The summed E-state index contributed by atoms with van der Waals surface area (Å²) in [5, 5.41) is 3.83. The van der Waals surface area contributed by atoms with Crippen LogP contribution in [0, 0.1) is 5.92 Å². The van der Waals surface area contributed by atoms with E-state index in [-0.39, 0.29) is 32.7 Å². The van der Waals surface area contributed by atoms with Crippen molar-refractivity contribution in [2.24, 2.45) is 5.10 Å². The molecule has 1 aliphatic heterocycles. The van der Waals surface area contributed by atoms with Gasteiger partial charge in [0, 0.05) is 32.7 Å². The fourth-order valence-corrected chi connectivity index (χ4v) is 0.465. The fraction of sp³-hybridized carbons (Fsp3) is 0.600. The molecule has 1 unspecified atom stereocenters. The van der Waals surface area contributed by atoms with Crippen molar-refractivity contribution < 1.29 is 32.7 Å². The minimum Gasteiger partial charge on any atom is -0.337 e. The molecule has 1 radical (unpaired) electrons. The molecule has 0 aromatic heterocycles. The Balaban J connectivity index is 0.000000490. The molecule has 2 nitrogen and oxygen atoms in total. The molecule has 1 heterocycles. The van der Waals surface area contributed by atoms with Crippen molar-refractivity contribution in [1.82, 2.24) is 5.43 Å². The maximum absolute atomic E-state index is 3.83. The molecule has 1 N–H and O–H groups in total. The van der Waals surface area contributed by atoms with Gasteiger partial charge in [0.1, 0.15) is 0 Å². The van der Waals surface area contributed by atoms with Gasteiger partial charge in [0.05, 0.1) is 0 Å². The number of hydrazone groups is 1. The Kier molecular flexibility index (Phi) is 3.66. The Bertz CT molecular complexity index is 92.4. The van der Waals surface area contributed by atoms with Crippen LogP contribution in [-0.2, 0) is 32.7 Å². The number of hydrogen-bond donors (Lipinski definition) is 1. The molecule has 0 aromatic rings. The van der Waals surface area contributed by atoms with E-state index >= 15 is 0 Å².